The van der Waals surface area contributed by atoms with Crippen molar-refractivity contribution in [2.24, 2.45) is 0 Å². The van der Waals surface area contributed by atoms with Crippen LogP contribution in [0.1, 0.15) is 5.56 Å². The molecule has 0 saturated heterocycles. The molecule has 4 nitrogen and oxygen atoms in total. The number of methoxy groups -OCH3 is 1. The fourth-order valence-corrected chi connectivity index (χ4v) is 1.85. The van der Waals surface area contributed by atoms with Crippen LogP contribution in [0.2, 0.25) is 0 Å². The van der Waals surface area contributed by atoms with Crippen LogP contribution in [0.4, 0.5) is 0 Å². The van der Waals surface area contributed by atoms with Gasteiger partial charge in [0.2, 0.25) is 0 Å². The summed E-state index contributed by atoms with van der Waals surface area (Å²) in [5, 5.41) is 8.99. The summed E-state index contributed by atoms with van der Waals surface area (Å²) in [6.07, 6.45) is 7.14. The third-order valence-electron chi connectivity index (χ3n) is 2.89. The molecule has 1 aromatic carbocycles. The molecule has 0 radical (unpaired) electrons. The predicted octanol–water partition coefficient (Wildman–Crippen LogP) is 2.52. The van der Waals surface area contributed by atoms with E-state index in [-0.39, 0.29) is 5.57 Å². The number of allylic oxidation sites excluding steroid dienone is 3. The Morgan fingerprint density at radius 3 is 2.45 bits per heavy atom. The van der Waals surface area contributed by atoms with E-state index in [0.717, 1.165) is 6.54 Å². The SMILES string of the molecule is COC(=O)C(C#N)=C1C=CN(Cc2ccccc2)C=C1. The lowest BCUT2D eigenvalue weighted by atomic mass is 10.1. The Morgan fingerprint density at radius 2 is 1.90 bits per heavy atom. The summed E-state index contributed by atoms with van der Waals surface area (Å²) < 4.78 is 4.58. The molecule has 0 fully saturated rings. The van der Waals surface area contributed by atoms with Crippen LogP contribution in [0.5, 0.6) is 0 Å². The van der Waals surface area contributed by atoms with E-state index in [1.807, 2.05) is 53.7 Å². The second-order valence-electron chi connectivity index (χ2n) is 4.22. The molecule has 20 heavy (non-hydrogen) atoms. The summed E-state index contributed by atoms with van der Waals surface area (Å²) in [5.41, 5.74) is 1.76. The molecule has 1 aliphatic rings. The maximum atomic E-state index is 11.4. The van der Waals surface area contributed by atoms with Crippen molar-refractivity contribution < 1.29 is 9.53 Å². The van der Waals surface area contributed by atoms with Gasteiger partial charge in [-0.2, -0.15) is 5.26 Å². The number of benzene rings is 1. The molecule has 0 N–H and O–H groups in total. The number of rotatable bonds is 3. The zero-order valence-corrected chi connectivity index (χ0v) is 11.1. The van der Waals surface area contributed by atoms with Crippen molar-refractivity contribution in [3.05, 3.63) is 71.6 Å². The zero-order chi connectivity index (χ0) is 14.4. The average Bonchev–Trinajstić information content (AvgIpc) is 2.50. The van der Waals surface area contributed by atoms with Gasteiger partial charge in [0.25, 0.3) is 0 Å². The van der Waals surface area contributed by atoms with Crippen LogP contribution in [-0.2, 0) is 16.1 Å². The molecule has 0 atom stereocenters. The minimum absolute atomic E-state index is 0.0133. The third kappa shape index (κ3) is 3.15. The second-order valence-corrected chi connectivity index (χ2v) is 4.22. The first-order valence-electron chi connectivity index (χ1n) is 6.13. The topological polar surface area (TPSA) is 53.3 Å². The van der Waals surface area contributed by atoms with E-state index in [9.17, 15) is 4.79 Å². The first-order valence-corrected chi connectivity index (χ1v) is 6.13. The van der Waals surface area contributed by atoms with Crippen LogP contribution in [0.25, 0.3) is 0 Å². The van der Waals surface area contributed by atoms with Gasteiger partial charge in [-0.05, 0) is 17.7 Å². The van der Waals surface area contributed by atoms with Crippen LogP contribution in [-0.4, -0.2) is 18.0 Å². The number of carbonyl (C=O) groups excluding carboxylic acids is 1. The number of ether oxygens (including phenoxy) is 1. The van der Waals surface area contributed by atoms with Gasteiger partial charge in [-0.1, -0.05) is 30.3 Å². The number of esters is 1. The van der Waals surface area contributed by atoms with E-state index >= 15 is 0 Å². The molecule has 2 rings (SSSR count). The van der Waals surface area contributed by atoms with Crippen molar-refractivity contribution in [1.82, 2.24) is 4.90 Å². The largest absolute Gasteiger partial charge is 0.465 e. The standard InChI is InChI=1S/C16H14N2O2/c1-20-16(19)15(11-17)14-7-9-18(10-8-14)12-13-5-3-2-4-6-13/h2-10H,12H2,1H3. The van der Waals surface area contributed by atoms with E-state index in [1.54, 1.807) is 12.2 Å². The molecule has 100 valence electrons. The highest BCUT2D eigenvalue weighted by Gasteiger charge is 2.14. The second kappa shape index (κ2) is 6.39. The highest BCUT2D eigenvalue weighted by Crippen LogP contribution is 2.16. The number of nitrogens with zero attached hydrogens (tertiary/aromatic N) is 2. The van der Waals surface area contributed by atoms with Crippen molar-refractivity contribution in [3.63, 3.8) is 0 Å². The minimum atomic E-state index is -0.617. The van der Waals surface area contributed by atoms with Crippen LogP contribution >= 0.6 is 0 Å². The molecular formula is C16H14N2O2. The van der Waals surface area contributed by atoms with Crippen molar-refractivity contribution >= 4 is 5.97 Å². The average molecular weight is 266 g/mol. The molecule has 4 heteroatoms. The van der Waals surface area contributed by atoms with Crippen molar-refractivity contribution in [3.8, 4) is 6.07 Å². The van der Waals surface area contributed by atoms with E-state index < -0.39 is 5.97 Å². The van der Waals surface area contributed by atoms with Crippen LogP contribution in [0.15, 0.2) is 66.0 Å². The van der Waals surface area contributed by atoms with Gasteiger partial charge in [0.15, 0.2) is 0 Å². The number of carbonyl (C=O) groups is 1. The van der Waals surface area contributed by atoms with Gasteiger partial charge in [0.05, 0.1) is 7.11 Å². The lowest BCUT2D eigenvalue weighted by Crippen LogP contribution is -2.13. The van der Waals surface area contributed by atoms with Crippen LogP contribution in [0.3, 0.4) is 0 Å². The van der Waals surface area contributed by atoms with Gasteiger partial charge < -0.3 is 9.64 Å². The van der Waals surface area contributed by atoms with Gasteiger partial charge in [0.1, 0.15) is 11.6 Å². The van der Waals surface area contributed by atoms with Gasteiger partial charge >= 0.3 is 5.97 Å². The lowest BCUT2D eigenvalue weighted by molar-refractivity contribution is -0.135. The molecule has 0 unspecified atom stereocenters. The van der Waals surface area contributed by atoms with Crippen molar-refractivity contribution in [2.75, 3.05) is 7.11 Å². The Morgan fingerprint density at radius 1 is 1.25 bits per heavy atom. The fourth-order valence-electron chi connectivity index (χ4n) is 1.85. The normalized spacial score (nSPS) is 13.0. The Kier molecular flexibility index (Phi) is 4.35. The molecule has 1 aliphatic heterocycles. The maximum absolute atomic E-state index is 11.4. The summed E-state index contributed by atoms with van der Waals surface area (Å²) in [5.74, 6) is -0.617. The first kappa shape index (κ1) is 13.6. The molecule has 0 bridgehead atoms. The van der Waals surface area contributed by atoms with E-state index in [2.05, 4.69) is 4.74 Å². The highest BCUT2D eigenvalue weighted by atomic mass is 16.5. The zero-order valence-electron chi connectivity index (χ0n) is 11.1. The summed E-state index contributed by atoms with van der Waals surface area (Å²) >= 11 is 0. The molecule has 0 saturated carbocycles. The summed E-state index contributed by atoms with van der Waals surface area (Å²) in [4.78, 5) is 13.4. The molecule has 1 aromatic rings. The minimum Gasteiger partial charge on any atom is -0.465 e. The van der Waals surface area contributed by atoms with Gasteiger partial charge in [-0.25, -0.2) is 4.79 Å². The number of hydrogen-bond acceptors (Lipinski definition) is 4. The van der Waals surface area contributed by atoms with Gasteiger partial charge in [-0.15, -0.1) is 0 Å². The smallest absolute Gasteiger partial charge is 0.349 e. The van der Waals surface area contributed by atoms with Crippen molar-refractivity contribution in [2.45, 2.75) is 6.54 Å². The molecule has 0 spiro atoms. The maximum Gasteiger partial charge on any atom is 0.349 e. The van der Waals surface area contributed by atoms with Crippen LogP contribution < -0.4 is 0 Å². The lowest BCUT2D eigenvalue weighted by Gasteiger charge is -2.19. The Balaban J connectivity index is 2.12. The summed E-state index contributed by atoms with van der Waals surface area (Å²) in [6.45, 7) is 0.737. The van der Waals surface area contributed by atoms with Crippen LogP contribution in [0, 0.1) is 11.3 Å². The highest BCUT2D eigenvalue weighted by molar-refractivity contribution is 5.94. The Hall–Kier alpha value is -2.80. The predicted molar refractivity (Wildman–Crippen MR) is 74.9 cm³/mol. The quantitative estimate of drug-likeness (QED) is 0.479. The number of hydrogen-bond donors (Lipinski definition) is 0. The molecular weight excluding hydrogens is 252 g/mol. The van der Waals surface area contributed by atoms with E-state index in [1.165, 1.54) is 12.7 Å². The monoisotopic (exact) mass is 266 g/mol. The fraction of sp³-hybridized carbons (Fsp3) is 0.125. The molecule has 0 aromatic heterocycles. The molecule has 0 aliphatic carbocycles. The Labute approximate surface area is 117 Å². The van der Waals surface area contributed by atoms with E-state index in [4.69, 9.17) is 5.26 Å². The van der Waals surface area contributed by atoms with E-state index in [0.29, 0.717) is 5.57 Å². The first-order chi connectivity index (χ1) is 9.74. The molecule has 1 heterocycles. The van der Waals surface area contributed by atoms with Gasteiger partial charge in [0, 0.05) is 24.5 Å². The van der Waals surface area contributed by atoms with Crippen molar-refractivity contribution in [1.29, 1.82) is 5.26 Å². The molecule has 0 amide bonds. The van der Waals surface area contributed by atoms with Gasteiger partial charge in [-0.3, -0.25) is 0 Å². The number of nitriles is 1. The Bertz CT molecular complexity index is 606. The summed E-state index contributed by atoms with van der Waals surface area (Å²) in [7, 11) is 1.26. The summed E-state index contributed by atoms with van der Waals surface area (Å²) in [6, 6.07) is 11.9. The third-order valence-corrected chi connectivity index (χ3v) is 2.89.